The van der Waals surface area contributed by atoms with Crippen LogP contribution in [0.2, 0.25) is 0 Å². The zero-order chi connectivity index (χ0) is 13.5. The van der Waals surface area contributed by atoms with Gasteiger partial charge in [-0.3, -0.25) is 4.57 Å². The summed E-state index contributed by atoms with van der Waals surface area (Å²) in [5.74, 6) is -0.274. The van der Waals surface area contributed by atoms with Crippen molar-refractivity contribution in [3.05, 3.63) is 35.8 Å². The van der Waals surface area contributed by atoms with Gasteiger partial charge in [0.25, 0.3) is 0 Å². The fraction of sp³-hybridized carbons (Fsp3) is 0.357. The van der Waals surface area contributed by atoms with Crippen LogP contribution in [0, 0.1) is 12.7 Å². The van der Waals surface area contributed by atoms with Crippen molar-refractivity contribution >= 4 is 17.0 Å². The maximum absolute atomic E-state index is 13.4. The molecule has 0 aliphatic carbocycles. The molecular weight excluding hydrogens is 233 g/mol. The molecule has 0 amide bonds. The first-order valence-electron chi connectivity index (χ1n) is 5.78. The fourth-order valence-corrected chi connectivity index (χ4v) is 1.73. The topological polar surface area (TPSA) is 31.2 Å². The number of aromatic nitrogens is 1. The number of hydrogen-bond acceptors (Lipinski definition) is 2. The number of carbonyl (C=O) groups is 1. The molecule has 2 aromatic rings. The van der Waals surface area contributed by atoms with E-state index in [1.54, 1.807) is 25.3 Å². The molecule has 1 aromatic heterocycles. The van der Waals surface area contributed by atoms with Crippen molar-refractivity contribution < 1.29 is 13.9 Å². The summed E-state index contributed by atoms with van der Waals surface area (Å²) in [5.41, 5.74) is 0.608. The van der Waals surface area contributed by atoms with E-state index in [4.69, 9.17) is 4.74 Å². The average molecular weight is 249 g/mol. The van der Waals surface area contributed by atoms with Gasteiger partial charge < -0.3 is 4.74 Å². The number of halogens is 1. The van der Waals surface area contributed by atoms with Crippen molar-refractivity contribution in [1.29, 1.82) is 0 Å². The van der Waals surface area contributed by atoms with Gasteiger partial charge in [-0.1, -0.05) is 0 Å². The third kappa shape index (κ3) is 2.37. The van der Waals surface area contributed by atoms with Gasteiger partial charge in [0.05, 0.1) is 5.52 Å². The number of fused-ring (bicyclic) bond motifs is 1. The summed E-state index contributed by atoms with van der Waals surface area (Å²) in [6.45, 7) is 7.09. The van der Waals surface area contributed by atoms with Gasteiger partial charge in [0.15, 0.2) is 0 Å². The van der Waals surface area contributed by atoms with Crippen molar-refractivity contribution in [2.45, 2.75) is 33.3 Å². The number of rotatable bonds is 0. The highest BCUT2D eigenvalue weighted by atomic mass is 19.1. The quantitative estimate of drug-likeness (QED) is 0.709. The van der Waals surface area contributed by atoms with Crippen molar-refractivity contribution in [3.8, 4) is 0 Å². The van der Waals surface area contributed by atoms with Crippen LogP contribution in [0.25, 0.3) is 10.9 Å². The lowest BCUT2D eigenvalue weighted by Gasteiger charge is -2.19. The van der Waals surface area contributed by atoms with E-state index in [0.717, 1.165) is 0 Å². The number of carbonyl (C=O) groups excluding carboxylic acids is 1. The standard InChI is InChI=1S/C14H16FNO2/c1-9-7-12-10(8-11(9)15)5-6-16(12)13(17)18-14(2,3)4/h5-8H,1-4H3. The Hall–Kier alpha value is -1.84. The normalized spacial score (nSPS) is 11.8. The highest BCUT2D eigenvalue weighted by Crippen LogP contribution is 2.21. The summed E-state index contributed by atoms with van der Waals surface area (Å²) >= 11 is 0. The molecule has 0 bridgehead atoms. The molecule has 3 nitrogen and oxygen atoms in total. The Balaban J connectivity index is 2.46. The Kier molecular flexibility index (Phi) is 2.89. The van der Waals surface area contributed by atoms with E-state index in [1.807, 2.05) is 20.8 Å². The SMILES string of the molecule is Cc1cc2c(ccn2C(=O)OC(C)(C)C)cc1F. The monoisotopic (exact) mass is 249 g/mol. The van der Waals surface area contributed by atoms with Gasteiger partial charge in [-0.25, -0.2) is 9.18 Å². The largest absolute Gasteiger partial charge is 0.443 e. The summed E-state index contributed by atoms with van der Waals surface area (Å²) in [7, 11) is 0. The first-order chi connectivity index (χ1) is 8.28. The molecule has 96 valence electrons. The van der Waals surface area contributed by atoms with E-state index in [1.165, 1.54) is 10.6 Å². The maximum Gasteiger partial charge on any atom is 0.418 e. The molecule has 1 heterocycles. The first-order valence-corrected chi connectivity index (χ1v) is 5.78. The molecular formula is C14H16FNO2. The van der Waals surface area contributed by atoms with E-state index in [0.29, 0.717) is 16.5 Å². The molecule has 0 fully saturated rings. The third-order valence-corrected chi connectivity index (χ3v) is 2.56. The van der Waals surface area contributed by atoms with E-state index >= 15 is 0 Å². The Labute approximate surface area is 105 Å². The predicted octanol–water partition coefficient (Wildman–Crippen LogP) is 3.87. The Morgan fingerprint density at radius 1 is 1.33 bits per heavy atom. The van der Waals surface area contributed by atoms with Gasteiger partial charge >= 0.3 is 6.09 Å². The molecule has 2 rings (SSSR count). The summed E-state index contributed by atoms with van der Waals surface area (Å²) in [6, 6.07) is 4.77. The lowest BCUT2D eigenvalue weighted by Crippen LogP contribution is -2.26. The zero-order valence-corrected chi connectivity index (χ0v) is 11.0. The van der Waals surface area contributed by atoms with Crippen molar-refractivity contribution in [3.63, 3.8) is 0 Å². The molecule has 0 aliphatic rings. The molecule has 0 atom stereocenters. The number of ether oxygens (including phenoxy) is 1. The fourth-order valence-electron chi connectivity index (χ4n) is 1.73. The van der Waals surface area contributed by atoms with E-state index < -0.39 is 11.7 Å². The molecule has 0 N–H and O–H groups in total. The Morgan fingerprint density at radius 3 is 2.61 bits per heavy atom. The molecule has 0 saturated carbocycles. The first kappa shape index (κ1) is 12.6. The minimum Gasteiger partial charge on any atom is -0.443 e. The van der Waals surface area contributed by atoms with Gasteiger partial charge in [0, 0.05) is 11.6 Å². The van der Waals surface area contributed by atoms with Crippen LogP contribution in [0.1, 0.15) is 26.3 Å². The second-order valence-corrected chi connectivity index (χ2v) is 5.33. The van der Waals surface area contributed by atoms with Gasteiger partial charge in [0.2, 0.25) is 0 Å². The van der Waals surface area contributed by atoms with Gasteiger partial charge in [-0.15, -0.1) is 0 Å². The number of nitrogens with zero attached hydrogens (tertiary/aromatic N) is 1. The van der Waals surface area contributed by atoms with Crippen LogP contribution < -0.4 is 0 Å². The van der Waals surface area contributed by atoms with Crippen molar-refractivity contribution in [2.75, 3.05) is 0 Å². The number of benzene rings is 1. The van der Waals surface area contributed by atoms with E-state index in [-0.39, 0.29) is 5.82 Å². The number of hydrogen-bond donors (Lipinski definition) is 0. The Bertz CT molecular complexity index is 608. The highest BCUT2D eigenvalue weighted by Gasteiger charge is 2.19. The van der Waals surface area contributed by atoms with Crippen LogP contribution in [0.5, 0.6) is 0 Å². The van der Waals surface area contributed by atoms with E-state index in [2.05, 4.69) is 0 Å². The molecule has 1 aromatic carbocycles. The maximum atomic E-state index is 13.4. The molecule has 0 radical (unpaired) electrons. The van der Waals surface area contributed by atoms with E-state index in [9.17, 15) is 9.18 Å². The molecule has 0 spiro atoms. The minimum atomic E-state index is -0.553. The van der Waals surface area contributed by atoms with Crippen molar-refractivity contribution in [2.24, 2.45) is 0 Å². The second-order valence-electron chi connectivity index (χ2n) is 5.33. The number of aryl methyl sites for hydroxylation is 1. The molecule has 0 unspecified atom stereocenters. The summed E-state index contributed by atoms with van der Waals surface area (Å²) in [5, 5.41) is 0.684. The third-order valence-electron chi connectivity index (χ3n) is 2.56. The van der Waals surface area contributed by atoms with Crippen LogP contribution in [0.15, 0.2) is 24.4 Å². The van der Waals surface area contributed by atoms with Crippen LogP contribution in [-0.2, 0) is 4.74 Å². The van der Waals surface area contributed by atoms with Crippen molar-refractivity contribution in [1.82, 2.24) is 4.57 Å². The summed E-state index contributed by atoms with van der Waals surface area (Å²) < 4.78 is 20.1. The lowest BCUT2D eigenvalue weighted by atomic mass is 10.2. The Morgan fingerprint density at radius 2 is 2.00 bits per heavy atom. The average Bonchev–Trinajstić information content (AvgIpc) is 2.59. The zero-order valence-electron chi connectivity index (χ0n) is 11.0. The summed E-state index contributed by atoms with van der Waals surface area (Å²) in [6.07, 6.45) is 1.14. The molecule has 4 heteroatoms. The highest BCUT2D eigenvalue weighted by molar-refractivity contribution is 5.90. The van der Waals surface area contributed by atoms with Gasteiger partial charge in [0.1, 0.15) is 11.4 Å². The van der Waals surface area contributed by atoms with Crippen LogP contribution in [-0.4, -0.2) is 16.3 Å². The molecule has 18 heavy (non-hydrogen) atoms. The predicted molar refractivity (Wildman–Crippen MR) is 68.3 cm³/mol. The van der Waals surface area contributed by atoms with Gasteiger partial charge in [-0.2, -0.15) is 0 Å². The van der Waals surface area contributed by atoms with Crippen LogP contribution in [0.3, 0.4) is 0 Å². The molecule has 0 saturated heterocycles. The summed E-state index contributed by atoms with van der Waals surface area (Å²) in [4.78, 5) is 12.0. The lowest BCUT2D eigenvalue weighted by molar-refractivity contribution is 0.0544. The smallest absolute Gasteiger partial charge is 0.418 e. The van der Waals surface area contributed by atoms with Crippen LogP contribution in [0.4, 0.5) is 9.18 Å². The van der Waals surface area contributed by atoms with Gasteiger partial charge in [-0.05, 0) is 51.5 Å². The second kappa shape index (κ2) is 4.12. The van der Waals surface area contributed by atoms with Crippen LogP contribution >= 0.6 is 0 Å². The minimum absolute atomic E-state index is 0.274. The molecule has 0 aliphatic heterocycles.